The van der Waals surface area contributed by atoms with Gasteiger partial charge in [0.05, 0.1) is 0 Å². The van der Waals surface area contributed by atoms with E-state index in [-0.39, 0.29) is 11.3 Å². The van der Waals surface area contributed by atoms with Crippen molar-refractivity contribution in [3.8, 4) is 0 Å². The molecule has 0 spiro atoms. The summed E-state index contributed by atoms with van der Waals surface area (Å²) in [7, 11) is 0. The summed E-state index contributed by atoms with van der Waals surface area (Å²) in [5.74, 6) is 1.12. The Morgan fingerprint density at radius 2 is 1.76 bits per heavy atom. The van der Waals surface area contributed by atoms with Gasteiger partial charge in [-0.15, -0.1) is 0 Å². The molecule has 2 atom stereocenters. The third-order valence-electron chi connectivity index (χ3n) is 4.02. The Hall–Kier alpha value is -1.11. The molecule has 0 radical (unpaired) electrons. The van der Waals surface area contributed by atoms with Gasteiger partial charge in [-0.25, -0.2) is 0 Å². The molecule has 0 unspecified atom stereocenters. The number of ketones is 1. The summed E-state index contributed by atoms with van der Waals surface area (Å²) >= 11 is 0. The minimum Gasteiger partial charge on any atom is -0.294 e. The summed E-state index contributed by atoms with van der Waals surface area (Å²) in [6, 6.07) is 9.76. The lowest BCUT2D eigenvalue weighted by atomic mass is 9.72. The fourth-order valence-electron chi connectivity index (χ4n) is 3.13. The van der Waals surface area contributed by atoms with Gasteiger partial charge in [0.2, 0.25) is 0 Å². The lowest BCUT2D eigenvalue weighted by Gasteiger charge is -2.31. The van der Waals surface area contributed by atoms with Crippen LogP contribution in [0, 0.1) is 17.3 Å². The topological polar surface area (TPSA) is 17.1 Å². The normalized spacial score (nSPS) is 24.9. The summed E-state index contributed by atoms with van der Waals surface area (Å²) in [5, 5.41) is 0. The molecule has 2 rings (SSSR count). The van der Waals surface area contributed by atoms with E-state index >= 15 is 0 Å². The number of carbonyl (C=O) groups is 1. The molecule has 1 nitrogen and oxygen atoms in total. The minimum atomic E-state index is 0.234. The molecule has 1 saturated carbocycles. The Labute approximate surface area is 104 Å². The number of benzene rings is 1. The van der Waals surface area contributed by atoms with E-state index in [0.29, 0.717) is 11.7 Å². The monoisotopic (exact) mass is 230 g/mol. The van der Waals surface area contributed by atoms with Gasteiger partial charge in [-0.2, -0.15) is 0 Å². The van der Waals surface area contributed by atoms with Crippen molar-refractivity contribution in [3.63, 3.8) is 0 Å². The van der Waals surface area contributed by atoms with Gasteiger partial charge in [-0.3, -0.25) is 4.79 Å². The van der Waals surface area contributed by atoms with Crippen LogP contribution in [0.5, 0.6) is 0 Å². The first-order valence-corrected chi connectivity index (χ1v) is 6.59. The molecule has 17 heavy (non-hydrogen) atoms. The van der Waals surface area contributed by atoms with Gasteiger partial charge in [0.1, 0.15) is 0 Å². The van der Waals surface area contributed by atoms with Crippen molar-refractivity contribution in [2.24, 2.45) is 17.3 Å². The number of hydrogen-bond donors (Lipinski definition) is 0. The molecule has 1 aliphatic carbocycles. The van der Waals surface area contributed by atoms with Crippen molar-refractivity contribution >= 4 is 5.78 Å². The molecule has 1 aromatic carbocycles. The molecular weight excluding hydrogens is 208 g/mol. The van der Waals surface area contributed by atoms with Gasteiger partial charge in [-0.1, -0.05) is 57.5 Å². The van der Waals surface area contributed by atoms with Crippen LogP contribution in [0.1, 0.15) is 50.4 Å². The van der Waals surface area contributed by atoms with Crippen molar-refractivity contribution in [1.82, 2.24) is 0 Å². The standard InChI is InChI=1S/C16H22O/c1-16(2,3)14-11-7-10-13(14)15(17)12-8-5-4-6-9-12/h4-6,8-9,13-14H,7,10-11H2,1-3H3/t13-,14-/m0/s1. The first kappa shape index (κ1) is 12.3. The third-order valence-corrected chi connectivity index (χ3v) is 4.02. The summed E-state index contributed by atoms with van der Waals surface area (Å²) in [6.45, 7) is 6.77. The van der Waals surface area contributed by atoms with Crippen LogP contribution in [0.4, 0.5) is 0 Å². The molecule has 92 valence electrons. The minimum absolute atomic E-state index is 0.234. The maximum Gasteiger partial charge on any atom is 0.166 e. The van der Waals surface area contributed by atoms with Crippen LogP contribution >= 0.6 is 0 Å². The van der Waals surface area contributed by atoms with Gasteiger partial charge in [-0.05, 0) is 24.2 Å². The highest BCUT2D eigenvalue weighted by atomic mass is 16.1. The Morgan fingerprint density at radius 3 is 2.35 bits per heavy atom. The second-order valence-corrected chi connectivity index (χ2v) is 6.24. The smallest absolute Gasteiger partial charge is 0.166 e. The van der Waals surface area contributed by atoms with Gasteiger partial charge in [0.15, 0.2) is 5.78 Å². The molecule has 0 aliphatic heterocycles. The zero-order valence-corrected chi connectivity index (χ0v) is 11.1. The van der Waals surface area contributed by atoms with E-state index in [1.807, 2.05) is 30.3 Å². The average molecular weight is 230 g/mol. The van der Waals surface area contributed by atoms with E-state index in [1.54, 1.807) is 0 Å². The highest BCUT2D eigenvalue weighted by molar-refractivity contribution is 5.98. The Kier molecular flexibility index (Phi) is 3.37. The first-order valence-electron chi connectivity index (χ1n) is 6.59. The Morgan fingerprint density at radius 1 is 1.12 bits per heavy atom. The van der Waals surface area contributed by atoms with E-state index < -0.39 is 0 Å². The van der Waals surface area contributed by atoms with Gasteiger partial charge in [0, 0.05) is 11.5 Å². The van der Waals surface area contributed by atoms with E-state index in [9.17, 15) is 4.79 Å². The predicted octanol–water partition coefficient (Wildman–Crippen LogP) is 4.33. The number of Topliss-reactive ketones (excluding diaryl/α,β-unsaturated/α-hetero) is 1. The van der Waals surface area contributed by atoms with Gasteiger partial charge in [0.25, 0.3) is 0 Å². The maximum absolute atomic E-state index is 12.5. The average Bonchev–Trinajstić information content (AvgIpc) is 2.78. The van der Waals surface area contributed by atoms with E-state index in [1.165, 1.54) is 12.8 Å². The molecule has 1 aromatic rings. The molecule has 0 N–H and O–H groups in total. The van der Waals surface area contributed by atoms with E-state index in [2.05, 4.69) is 20.8 Å². The number of rotatable bonds is 2. The molecule has 0 aromatic heterocycles. The van der Waals surface area contributed by atoms with Gasteiger partial charge >= 0.3 is 0 Å². The lowest BCUT2D eigenvalue weighted by Crippen LogP contribution is -2.29. The zero-order chi connectivity index (χ0) is 12.5. The van der Waals surface area contributed by atoms with Crippen LogP contribution in [-0.2, 0) is 0 Å². The maximum atomic E-state index is 12.5. The molecule has 0 saturated heterocycles. The van der Waals surface area contributed by atoms with Crippen LogP contribution in [-0.4, -0.2) is 5.78 Å². The van der Waals surface area contributed by atoms with Crippen molar-refractivity contribution in [3.05, 3.63) is 35.9 Å². The molecule has 0 amide bonds. The van der Waals surface area contributed by atoms with Crippen molar-refractivity contribution < 1.29 is 4.79 Å². The molecule has 0 bridgehead atoms. The Bertz CT molecular complexity index is 386. The van der Waals surface area contributed by atoms with Crippen LogP contribution in [0.2, 0.25) is 0 Å². The highest BCUT2D eigenvalue weighted by Gasteiger charge is 2.39. The second kappa shape index (κ2) is 4.64. The Balaban J connectivity index is 2.20. The largest absolute Gasteiger partial charge is 0.294 e. The van der Waals surface area contributed by atoms with Crippen molar-refractivity contribution in [1.29, 1.82) is 0 Å². The van der Waals surface area contributed by atoms with E-state index in [0.717, 1.165) is 12.0 Å². The first-order chi connectivity index (χ1) is 8.00. The van der Waals surface area contributed by atoms with Gasteiger partial charge < -0.3 is 0 Å². The summed E-state index contributed by atoms with van der Waals surface area (Å²) < 4.78 is 0. The van der Waals surface area contributed by atoms with Crippen molar-refractivity contribution in [2.75, 3.05) is 0 Å². The quantitative estimate of drug-likeness (QED) is 0.691. The van der Waals surface area contributed by atoms with Crippen LogP contribution in [0.25, 0.3) is 0 Å². The SMILES string of the molecule is CC(C)(C)[C@H]1CCC[C@@H]1C(=O)c1ccccc1. The lowest BCUT2D eigenvalue weighted by molar-refractivity contribution is 0.0816. The highest BCUT2D eigenvalue weighted by Crippen LogP contribution is 2.44. The number of carbonyl (C=O) groups excluding carboxylic acids is 1. The fraction of sp³-hybridized carbons (Fsp3) is 0.562. The molecule has 1 fully saturated rings. The number of hydrogen-bond acceptors (Lipinski definition) is 1. The zero-order valence-electron chi connectivity index (χ0n) is 11.1. The predicted molar refractivity (Wildman–Crippen MR) is 71.1 cm³/mol. The fourth-order valence-corrected chi connectivity index (χ4v) is 3.13. The molecule has 1 heteroatoms. The van der Waals surface area contributed by atoms with E-state index in [4.69, 9.17) is 0 Å². The summed E-state index contributed by atoms with van der Waals surface area (Å²) in [4.78, 5) is 12.5. The van der Waals surface area contributed by atoms with Crippen molar-refractivity contribution in [2.45, 2.75) is 40.0 Å². The molecule has 1 aliphatic rings. The summed E-state index contributed by atoms with van der Waals surface area (Å²) in [5.41, 5.74) is 1.12. The van der Waals surface area contributed by atoms with Crippen LogP contribution in [0.15, 0.2) is 30.3 Å². The summed E-state index contributed by atoms with van der Waals surface area (Å²) in [6.07, 6.45) is 3.47. The van der Waals surface area contributed by atoms with Crippen LogP contribution in [0.3, 0.4) is 0 Å². The third kappa shape index (κ3) is 2.59. The second-order valence-electron chi connectivity index (χ2n) is 6.24. The molecular formula is C16H22O. The van der Waals surface area contributed by atoms with Crippen LogP contribution < -0.4 is 0 Å². The molecule has 0 heterocycles.